The van der Waals surface area contributed by atoms with E-state index >= 15 is 0 Å². The Morgan fingerprint density at radius 2 is 1.45 bits per heavy atom. The van der Waals surface area contributed by atoms with Crippen molar-refractivity contribution in [1.82, 2.24) is 9.80 Å². The van der Waals surface area contributed by atoms with E-state index in [1.807, 2.05) is 12.1 Å². The molecule has 1 saturated heterocycles. The van der Waals surface area contributed by atoms with Crippen LogP contribution in [0.3, 0.4) is 0 Å². The number of benzene rings is 2. The molecule has 1 N–H and O–H groups in total. The number of aliphatic hydroxyl groups is 1. The van der Waals surface area contributed by atoms with Crippen LogP contribution in [0.4, 0.5) is 0 Å². The predicted molar refractivity (Wildman–Crippen MR) is 156 cm³/mol. The van der Waals surface area contributed by atoms with E-state index in [1.165, 1.54) is 5.56 Å². The Morgan fingerprint density at radius 3 is 1.97 bits per heavy atom. The van der Waals surface area contributed by atoms with E-state index in [1.54, 1.807) is 29.2 Å². The smallest absolute Gasteiger partial charge is 0.295 e. The summed E-state index contributed by atoms with van der Waals surface area (Å²) in [6, 6.07) is 14.1. The number of hydrogen-bond donors (Lipinski definition) is 1. The Kier molecular flexibility index (Phi) is 10.6. The van der Waals surface area contributed by atoms with Crippen LogP contribution in [0, 0.1) is 0 Å². The summed E-state index contributed by atoms with van der Waals surface area (Å²) in [4.78, 5) is 30.8. The summed E-state index contributed by atoms with van der Waals surface area (Å²) in [6.07, 6.45) is 5.35. The number of rotatable bonds is 12. The quantitative estimate of drug-likeness (QED) is 0.174. The molecule has 1 atom stereocenters. The van der Waals surface area contributed by atoms with Gasteiger partial charge in [0, 0.05) is 17.1 Å². The zero-order valence-corrected chi connectivity index (χ0v) is 24.4. The highest BCUT2D eigenvalue weighted by Crippen LogP contribution is 2.40. The van der Waals surface area contributed by atoms with E-state index in [0.717, 1.165) is 57.3 Å². The summed E-state index contributed by atoms with van der Waals surface area (Å²) in [5, 5.41) is 11.8. The molecular formula is C32H43ClN2O3. The van der Waals surface area contributed by atoms with Crippen LogP contribution in [0.5, 0.6) is 0 Å². The van der Waals surface area contributed by atoms with Gasteiger partial charge < -0.3 is 14.9 Å². The second-order valence-electron chi connectivity index (χ2n) is 11.3. The van der Waals surface area contributed by atoms with Crippen molar-refractivity contribution in [2.75, 3.05) is 26.2 Å². The first-order valence-electron chi connectivity index (χ1n) is 14.0. The number of nitrogens with zero attached hydrogens (tertiary/aromatic N) is 2. The van der Waals surface area contributed by atoms with E-state index in [2.05, 4.69) is 51.7 Å². The van der Waals surface area contributed by atoms with Crippen LogP contribution in [0.1, 0.15) is 89.5 Å². The minimum absolute atomic E-state index is 0.0237. The van der Waals surface area contributed by atoms with Gasteiger partial charge in [0.2, 0.25) is 0 Å². The largest absolute Gasteiger partial charge is 0.507 e. The minimum atomic E-state index is -0.642. The summed E-state index contributed by atoms with van der Waals surface area (Å²) in [6.45, 7) is 14.3. The van der Waals surface area contributed by atoms with E-state index in [-0.39, 0.29) is 16.7 Å². The van der Waals surface area contributed by atoms with E-state index < -0.39 is 17.7 Å². The number of hydrogen-bond acceptors (Lipinski definition) is 4. The van der Waals surface area contributed by atoms with Crippen LogP contribution < -0.4 is 0 Å². The molecule has 206 valence electrons. The number of carbonyl (C=O) groups excluding carboxylic acids is 2. The molecule has 0 aliphatic carbocycles. The molecule has 2 aromatic rings. The molecule has 1 fully saturated rings. The fourth-order valence-corrected chi connectivity index (χ4v) is 5.08. The highest BCUT2D eigenvalue weighted by atomic mass is 35.5. The Hall–Kier alpha value is -2.63. The Bertz CT molecular complexity index is 1110. The molecule has 2 aromatic carbocycles. The molecular weight excluding hydrogens is 496 g/mol. The zero-order valence-electron chi connectivity index (χ0n) is 23.6. The molecule has 1 amide bonds. The summed E-state index contributed by atoms with van der Waals surface area (Å²) in [7, 11) is 0. The maximum Gasteiger partial charge on any atom is 0.295 e. The number of halogens is 1. The lowest BCUT2D eigenvalue weighted by Gasteiger charge is -2.28. The van der Waals surface area contributed by atoms with Crippen molar-refractivity contribution in [3.05, 3.63) is 75.8 Å². The van der Waals surface area contributed by atoms with Crippen molar-refractivity contribution < 1.29 is 14.7 Å². The maximum absolute atomic E-state index is 13.3. The van der Waals surface area contributed by atoms with Gasteiger partial charge in [-0.2, -0.15) is 0 Å². The highest BCUT2D eigenvalue weighted by molar-refractivity contribution is 6.46. The highest BCUT2D eigenvalue weighted by Gasteiger charge is 2.45. The monoisotopic (exact) mass is 538 g/mol. The van der Waals surface area contributed by atoms with Crippen LogP contribution >= 0.6 is 11.6 Å². The first kappa shape index (κ1) is 29.9. The topological polar surface area (TPSA) is 60.9 Å². The van der Waals surface area contributed by atoms with Gasteiger partial charge >= 0.3 is 0 Å². The van der Waals surface area contributed by atoms with Crippen LogP contribution in [-0.4, -0.2) is 52.8 Å². The number of aliphatic hydroxyl groups excluding tert-OH is 1. The van der Waals surface area contributed by atoms with Crippen molar-refractivity contribution in [2.24, 2.45) is 0 Å². The van der Waals surface area contributed by atoms with E-state index in [9.17, 15) is 14.7 Å². The summed E-state index contributed by atoms with van der Waals surface area (Å²) in [5.74, 6) is -1.37. The summed E-state index contributed by atoms with van der Waals surface area (Å²) >= 11 is 6.04. The molecule has 0 saturated carbocycles. The van der Waals surface area contributed by atoms with Gasteiger partial charge in [-0.1, -0.05) is 83.3 Å². The molecule has 1 aliphatic rings. The normalized spacial score (nSPS) is 17.6. The second kappa shape index (κ2) is 13.4. The number of carbonyl (C=O) groups is 2. The lowest BCUT2D eigenvalue weighted by atomic mass is 9.85. The molecule has 0 spiro atoms. The fourth-order valence-electron chi connectivity index (χ4n) is 4.95. The molecule has 6 heteroatoms. The molecule has 1 unspecified atom stereocenters. The average Bonchev–Trinajstić information content (AvgIpc) is 3.14. The van der Waals surface area contributed by atoms with Gasteiger partial charge in [-0.05, 0) is 79.7 Å². The van der Waals surface area contributed by atoms with Gasteiger partial charge in [-0.3, -0.25) is 9.59 Å². The van der Waals surface area contributed by atoms with Crippen LogP contribution in [0.15, 0.2) is 54.1 Å². The molecule has 5 nitrogen and oxygen atoms in total. The first-order valence-corrected chi connectivity index (χ1v) is 14.3. The zero-order chi connectivity index (χ0) is 27.9. The van der Waals surface area contributed by atoms with Crippen LogP contribution in [0.2, 0.25) is 5.02 Å². The van der Waals surface area contributed by atoms with Crippen molar-refractivity contribution in [2.45, 2.75) is 78.2 Å². The van der Waals surface area contributed by atoms with Crippen LogP contribution in [0.25, 0.3) is 5.76 Å². The lowest BCUT2D eigenvalue weighted by molar-refractivity contribution is -0.140. The number of likely N-dealkylation sites (tertiary alicyclic amines) is 1. The molecule has 0 bridgehead atoms. The summed E-state index contributed by atoms with van der Waals surface area (Å²) < 4.78 is 0. The standard InChI is InChI=1S/C32H43ClN2O3/c1-6-8-19-34(20-9-7-2)21-10-22-35-28(23-11-15-25(16-12-23)32(3,4)5)27(30(37)31(35)38)29(36)24-13-17-26(33)18-14-24/h11-18,28,36H,6-10,19-22H2,1-5H3/b29-27-. The lowest BCUT2D eigenvalue weighted by Crippen LogP contribution is -2.34. The van der Waals surface area contributed by atoms with Gasteiger partial charge in [0.1, 0.15) is 5.76 Å². The molecule has 1 aliphatic heterocycles. The summed E-state index contributed by atoms with van der Waals surface area (Å²) in [5.41, 5.74) is 2.56. The van der Waals surface area contributed by atoms with Gasteiger partial charge in [0.25, 0.3) is 11.7 Å². The third kappa shape index (κ3) is 7.27. The Morgan fingerprint density at radius 1 is 0.895 bits per heavy atom. The van der Waals surface area contributed by atoms with Gasteiger partial charge in [-0.15, -0.1) is 0 Å². The van der Waals surface area contributed by atoms with E-state index in [0.29, 0.717) is 17.1 Å². The fraction of sp³-hybridized carbons (Fsp3) is 0.500. The first-order chi connectivity index (χ1) is 18.1. The molecule has 1 heterocycles. The second-order valence-corrected chi connectivity index (χ2v) is 11.7. The Labute approximate surface area is 233 Å². The number of ketones is 1. The van der Waals surface area contributed by atoms with Gasteiger partial charge in [-0.25, -0.2) is 0 Å². The molecule has 0 radical (unpaired) electrons. The van der Waals surface area contributed by atoms with Crippen molar-refractivity contribution in [3.8, 4) is 0 Å². The number of unbranched alkanes of at least 4 members (excludes halogenated alkanes) is 2. The molecule has 38 heavy (non-hydrogen) atoms. The van der Waals surface area contributed by atoms with Gasteiger partial charge in [0.05, 0.1) is 11.6 Å². The van der Waals surface area contributed by atoms with Gasteiger partial charge in [0.15, 0.2) is 0 Å². The third-order valence-electron chi connectivity index (χ3n) is 7.28. The van der Waals surface area contributed by atoms with E-state index in [4.69, 9.17) is 11.6 Å². The molecule has 0 aromatic heterocycles. The number of amides is 1. The maximum atomic E-state index is 13.3. The third-order valence-corrected chi connectivity index (χ3v) is 7.53. The van der Waals surface area contributed by atoms with Crippen molar-refractivity contribution >= 4 is 29.1 Å². The number of Topliss-reactive ketones (excluding diaryl/α,β-unsaturated/α-hetero) is 1. The predicted octanol–water partition coefficient (Wildman–Crippen LogP) is 7.35. The minimum Gasteiger partial charge on any atom is -0.507 e. The van der Waals surface area contributed by atoms with Crippen LogP contribution in [-0.2, 0) is 15.0 Å². The SMILES string of the molecule is CCCCN(CCCC)CCCN1C(=O)C(=O)/C(=C(\O)c2ccc(Cl)cc2)C1c1ccc(C(C)(C)C)cc1. The Balaban J connectivity index is 1.95. The van der Waals surface area contributed by atoms with Crippen molar-refractivity contribution in [1.29, 1.82) is 0 Å². The average molecular weight is 539 g/mol. The van der Waals surface area contributed by atoms with Crippen molar-refractivity contribution in [3.63, 3.8) is 0 Å². The molecule has 3 rings (SSSR count).